The van der Waals surface area contributed by atoms with Crippen LogP contribution in [0, 0.1) is 0 Å². The minimum Gasteiger partial charge on any atom is -0.309 e. The zero-order valence-electron chi connectivity index (χ0n) is 34.2. The van der Waals surface area contributed by atoms with Crippen LogP contribution in [0.25, 0.3) is 117 Å². The topological polar surface area (TPSA) is 43.6 Å². The number of nitrogens with zero attached hydrogens (tertiary/aromatic N) is 4. The number of fused-ring (bicyclic) bond motifs is 6. The summed E-state index contributed by atoms with van der Waals surface area (Å²) >= 11 is 0. The number of benzene rings is 9. The Kier molecular flexibility index (Phi) is 8.79. The van der Waals surface area contributed by atoms with Crippen molar-refractivity contribution in [2.24, 2.45) is 0 Å². The van der Waals surface area contributed by atoms with E-state index in [1.807, 2.05) is 36.4 Å². The van der Waals surface area contributed by atoms with Gasteiger partial charge in [-0.2, -0.15) is 0 Å². The van der Waals surface area contributed by atoms with Crippen LogP contribution in [-0.4, -0.2) is 19.5 Å². The van der Waals surface area contributed by atoms with Crippen molar-refractivity contribution in [2.45, 2.75) is 0 Å². The maximum Gasteiger partial charge on any atom is 0.160 e. The van der Waals surface area contributed by atoms with Crippen LogP contribution in [-0.2, 0) is 0 Å². The van der Waals surface area contributed by atoms with E-state index < -0.39 is 0 Å². The Hall–Kier alpha value is -8.47. The van der Waals surface area contributed by atoms with Crippen LogP contribution in [0.4, 0.5) is 0 Å². The molecular weight excluding hydrogens is 765 g/mol. The van der Waals surface area contributed by atoms with Gasteiger partial charge in [-0.15, -0.1) is 0 Å². The highest BCUT2D eigenvalue weighted by molar-refractivity contribution is 6.21. The van der Waals surface area contributed by atoms with E-state index in [9.17, 15) is 0 Å². The third kappa shape index (κ3) is 6.44. The molecule has 0 saturated carbocycles. The van der Waals surface area contributed by atoms with Gasteiger partial charge in [0.05, 0.1) is 33.6 Å². The Bertz CT molecular complexity index is 3600. The minimum atomic E-state index is 0.701. The van der Waals surface area contributed by atoms with Gasteiger partial charge in [0.25, 0.3) is 0 Å². The molecule has 0 amide bonds. The van der Waals surface area contributed by atoms with Crippen molar-refractivity contribution in [2.75, 3.05) is 0 Å². The smallest absolute Gasteiger partial charge is 0.160 e. The molecule has 0 fully saturated rings. The van der Waals surface area contributed by atoms with Gasteiger partial charge in [-0.1, -0.05) is 182 Å². The van der Waals surface area contributed by atoms with Gasteiger partial charge in [0, 0.05) is 55.0 Å². The van der Waals surface area contributed by atoms with Crippen molar-refractivity contribution in [3.63, 3.8) is 0 Å². The molecule has 0 atom stereocenters. The highest BCUT2D eigenvalue weighted by Crippen LogP contribution is 2.42. The summed E-state index contributed by atoms with van der Waals surface area (Å²) in [6, 6.07) is 81.5. The molecule has 0 unspecified atom stereocenters. The van der Waals surface area contributed by atoms with Gasteiger partial charge in [0.1, 0.15) is 0 Å². The summed E-state index contributed by atoms with van der Waals surface area (Å²) in [4.78, 5) is 15.7. The molecule has 63 heavy (non-hydrogen) atoms. The Labute approximate surface area is 365 Å². The van der Waals surface area contributed by atoms with E-state index in [4.69, 9.17) is 15.0 Å². The lowest BCUT2D eigenvalue weighted by Crippen LogP contribution is -1.96. The fraction of sp³-hybridized carbons (Fsp3) is 0. The van der Waals surface area contributed by atoms with Crippen LogP contribution < -0.4 is 0 Å². The molecule has 294 valence electrons. The first-order valence-corrected chi connectivity index (χ1v) is 21.4. The van der Waals surface area contributed by atoms with Crippen LogP contribution in [0.15, 0.2) is 231 Å². The van der Waals surface area contributed by atoms with Crippen molar-refractivity contribution in [3.05, 3.63) is 231 Å². The Morgan fingerprint density at radius 1 is 0.286 bits per heavy atom. The first-order valence-electron chi connectivity index (χ1n) is 21.4. The van der Waals surface area contributed by atoms with E-state index in [2.05, 4.69) is 199 Å². The molecule has 0 aliphatic carbocycles. The second-order valence-corrected chi connectivity index (χ2v) is 16.0. The number of rotatable bonds is 7. The summed E-state index contributed by atoms with van der Waals surface area (Å²) in [5.74, 6) is 0.701. The number of hydrogen-bond donors (Lipinski definition) is 0. The Balaban J connectivity index is 1.03. The molecule has 0 saturated heterocycles. The molecule has 12 aromatic rings. The largest absolute Gasteiger partial charge is 0.309 e. The number of hydrogen-bond acceptors (Lipinski definition) is 3. The molecule has 9 aromatic carbocycles. The molecule has 4 nitrogen and oxygen atoms in total. The van der Waals surface area contributed by atoms with E-state index >= 15 is 0 Å². The van der Waals surface area contributed by atoms with Gasteiger partial charge >= 0.3 is 0 Å². The summed E-state index contributed by atoms with van der Waals surface area (Å²) in [6.07, 6.45) is 0. The normalized spacial score (nSPS) is 11.5. The fourth-order valence-electron chi connectivity index (χ4n) is 9.18. The van der Waals surface area contributed by atoms with Crippen LogP contribution in [0.5, 0.6) is 0 Å². The molecule has 3 aromatic heterocycles. The lowest BCUT2D eigenvalue weighted by molar-refractivity contribution is 1.18. The van der Waals surface area contributed by atoms with Crippen LogP contribution >= 0.6 is 0 Å². The molecule has 0 bridgehead atoms. The maximum absolute atomic E-state index is 5.60. The zero-order chi connectivity index (χ0) is 41.7. The maximum atomic E-state index is 5.60. The highest BCUT2D eigenvalue weighted by atomic mass is 15.0. The van der Waals surface area contributed by atoms with Crippen LogP contribution in [0.2, 0.25) is 0 Å². The summed E-state index contributed by atoms with van der Waals surface area (Å²) in [5.41, 5.74) is 15.8. The third-order valence-corrected chi connectivity index (χ3v) is 12.2. The van der Waals surface area contributed by atoms with Crippen molar-refractivity contribution in [1.82, 2.24) is 19.5 Å². The quantitative estimate of drug-likeness (QED) is 0.151. The van der Waals surface area contributed by atoms with Crippen molar-refractivity contribution in [1.29, 1.82) is 0 Å². The molecule has 0 aliphatic heterocycles. The zero-order valence-corrected chi connectivity index (χ0v) is 34.2. The summed E-state index contributed by atoms with van der Waals surface area (Å²) in [6.45, 7) is 0. The predicted octanol–water partition coefficient (Wildman–Crippen LogP) is 15.3. The molecule has 0 aliphatic rings. The Morgan fingerprint density at radius 3 is 1.56 bits per heavy atom. The average molecular weight is 803 g/mol. The second-order valence-electron chi connectivity index (χ2n) is 16.0. The summed E-state index contributed by atoms with van der Waals surface area (Å²) in [5, 5.41) is 5.86. The number of pyridine rings is 1. The van der Waals surface area contributed by atoms with E-state index in [1.54, 1.807) is 0 Å². The molecular formula is C59H38N4. The number of para-hydroxylation sites is 3. The van der Waals surface area contributed by atoms with Gasteiger partial charge < -0.3 is 4.57 Å². The van der Waals surface area contributed by atoms with Crippen LogP contribution in [0.3, 0.4) is 0 Å². The van der Waals surface area contributed by atoms with E-state index in [0.29, 0.717) is 5.82 Å². The van der Waals surface area contributed by atoms with Crippen molar-refractivity contribution in [3.8, 4) is 73.1 Å². The summed E-state index contributed by atoms with van der Waals surface area (Å²) < 4.78 is 2.40. The molecule has 0 radical (unpaired) electrons. The average Bonchev–Trinajstić information content (AvgIpc) is 3.69. The van der Waals surface area contributed by atoms with Crippen molar-refractivity contribution < 1.29 is 0 Å². The van der Waals surface area contributed by atoms with Crippen molar-refractivity contribution >= 4 is 43.5 Å². The lowest BCUT2D eigenvalue weighted by atomic mass is 9.93. The lowest BCUT2D eigenvalue weighted by Gasteiger charge is -2.15. The van der Waals surface area contributed by atoms with E-state index in [-0.39, 0.29) is 0 Å². The first kappa shape index (κ1) is 36.4. The molecule has 0 spiro atoms. The number of aromatic nitrogens is 4. The van der Waals surface area contributed by atoms with Gasteiger partial charge in [-0.3, -0.25) is 0 Å². The fourth-order valence-corrected chi connectivity index (χ4v) is 9.18. The van der Waals surface area contributed by atoms with Gasteiger partial charge in [-0.25, -0.2) is 15.0 Å². The van der Waals surface area contributed by atoms with Gasteiger partial charge in [0.2, 0.25) is 0 Å². The van der Waals surface area contributed by atoms with Crippen LogP contribution in [0.1, 0.15) is 0 Å². The third-order valence-electron chi connectivity index (χ3n) is 12.2. The predicted molar refractivity (Wildman–Crippen MR) is 262 cm³/mol. The Morgan fingerprint density at radius 2 is 0.825 bits per heavy atom. The standard InChI is InChI=1S/C59H38N4/c1-5-18-39(19-6-1)53-38-54(61-59(60-53)41-22-9-3-10-23-41)45-27-16-25-43(35-45)42-24-15-26-44(34-42)47-31-17-32-49-50-37-56-51(36-52(50)57(62-58(47)49)40-20-7-2-8-21-40)48-30-13-14-33-55(48)63(56)46-28-11-4-12-29-46/h1-38H. The van der Waals surface area contributed by atoms with Gasteiger partial charge in [0.15, 0.2) is 5.82 Å². The van der Waals surface area contributed by atoms with E-state index in [0.717, 1.165) is 83.6 Å². The SMILES string of the molecule is c1ccc(-c2cc(-c3cccc(-c4cccc(-c5cccc6c5nc(-c5ccccc5)c5cc7c8ccccc8n(-c8ccccc8)c7cc56)c4)c3)nc(-c3ccccc3)n2)cc1. The first-order chi connectivity index (χ1) is 31.2. The summed E-state index contributed by atoms with van der Waals surface area (Å²) in [7, 11) is 0. The molecule has 12 rings (SSSR count). The van der Waals surface area contributed by atoms with Gasteiger partial charge in [-0.05, 0) is 70.6 Å². The highest BCUT2D eigenvalue weighted by Gasteiger charge is 2.19. The molecule has 3 heterocycles. The van der Waals surface area contributed by atoms with E-state index in [1.165, 1.54) is 27.2 Å². The minimum absolute atomic E-state index is 0.701. The molecule has 0 N–H and O–H groups in total. The molecule has 4 heteroatoms. The second kappa shape index (κ2) is 15.2. The monoisotopic (exact) mass is 802 g/mol.